The van der Waals surface area contributed by atoms with Gasteiger partial charge in [0.15, 0.2) is 0 Å². The number of hydrogen-bond donors (Lipinski definition) is 2. The molecule has 126 valence electrons. The summed E-state index contributed by atoms with van der Waals surface area (Å²) < 4.78 is 1.92. The van der Waals surface area contributed by atoms with Crippen LogP contribution in [-0.4, -0.2) is 25.0 Å². The minimum Gasteiger partial charge on any atom is -0.319 e. The molecule has 26 heavy (non-hydrogen) atoms. The minimum absolute atomic E-state index is 0.248. The molecular formula is C19H14N6O. The largest absolute Gasteiger partial charge is 0.319 e. The molecule has 3 heterocycles. The SMILES string of the molecule is O=c1[nH]nc(-c2ccccc2)c2c1Nc1nncn1[C@H]2c1ccccc1. The summed E-state index contributed by atoms with van der Waals surface area (Å²) in [6.07, 6.45) is 1.67. The van der Waals surface area contributed by atoms with Crippen LogP contribution in [0.5, 0.6) is 0 Å². The van der Waals surface area contributed by atoms with Crippen molar-refractivity contribution in [3.8, 4) is 11.3 Å². The minimum atomic E-state index is -0.283. The molecule has 2 N–H and O–H groups in total. The predicted molar refractivity (Wildman–Crippen MR) is 97.3 cm³/mol. The van der Waals surface area contributed by atoms with Crippen molar-refractivity contribution in [1.29, 1.82) is 0 Å². The summed E-state index contributed by atoms with van der Waals surface area (Å²) in [4.78, 5) is 12.5. The zero-order chi connectivity index (χ0) is 17.5. The smallest absolute Gasteiger partial charge is 0.288 e. The number of rotatable bonds is 2. The summed E-state index contributed by atoms with van der Waals surface area (Å²) in [7, 11) is 0. The number of anilines is 2. The molecule has 2 aromatic carbocycles. The number of fused-ring (bicyclic) bond motifs is 2. The summed E-state index contributed by atoms with van der Waals surface area (Å²) in [6, 6.07) is 19.5. The van der Waals surface area contributed by atoms with E-state index in [0.717, 1.165) is 22.4 Å². The summed E-state index contributed by atoms with van der Waals surface area (Å²) in [6.45, 7) is 0. The molecule has 7 nitrogen and oxygen atoms in total. The van der Waals surface area contributed by atoms with Crippen LogP contribution in [0.4, 0.5) is 11.6 Å². The molecule has 0 spiro atoms. The van der Waals surface area contributed by atoms with Crippen molar-refractivity contribution in [2.75, 3.05) is 5.32 Å². The lowest BCUT2D eigenvalue weighted by atomic mass is 9.92. The van der Waals surface area contributed by atoms with Gasteiger partial charge in [-0.05, 0) is 5.56 Å². The molecule has 2 aromatic heterocycles. The van der Waals surface area contributed by atoms with Crippen LogP contribution in [-0.2, 0) is 0 Å². The van der Waals surface area contributed by atoms with E-state index in [9.17, 15) is 4.79 Å². The normalized spacial score (nSPS) is 15.0. The van der Waals surface area contributed by atoms with Gasteiger partial charge in [0.05, 0.1) is 11.7 Å². The summed E-state index contributed by atoms with van der Waals surface area (Å²) in [5.41, 5.74) is 3.66. The van der Waals surface area contributed by atoms with Crippen LogP contribution in [0.1, 0.15) is 17.2 Å². The van der Waals surface area contributed by atoms with Crippen molar-refractivity contribution in [3.05, 3.63) is 88.5 Å². The van der Waals surface area contributed by atoms with Crippen molar-refractivity contribution in [3.63, 3.8) is 0 Å². The lowest BCUT2D eigenvalue weighted by Gasteiger charge is -2.29. The maximum atomic E-state index is 12.5. The average molecular weight is 342 g/mol. The monoisotopic (exact) mass is 342 g/mol. The third-order valence-electron chi connectivity index (χ3n) is 4.54. The number of aromatic amines is 1. The van der Waals surface area contributed by atoms with E-state index in [1.165, 1.54) is 0 Å². The Morgan fingerprint density at radius 2 is 1.69 bits per heavy atom. The topological polar surface area (TPSA) is 88.5 Å². The Labute approximate surface area is 148 Å². The van der Waals surface area contributed by atoms with Crippen LogP contribution in [0.2, 0.25) is 0 Å². The molecule has 1 atom stereocenters. The van der Waals surface area contributed by atoms with Gasteiger partial charge in [0, 0.05) is 11.1 Å². The number of H-pyrrole nitrogens is 1. The fraction of sp³-hybridized carbons (Fsp3) is 0.0526. The standard InChI is InChI=1S/C19H14N6O/c26-18-16-14(15(22-23-18)12-7-3-1-4-8-12)17(13-9-5-2-6-10-13)25-11-20-24-19(25)21-16/h1-11,17H,(H,21,24)(H,23,26)/t17-/m0/s1. The van der Waals surface area contributed by atoms with Gasteiger partial charge in [0.2, 0.25) is 5.95 Å². The van der Waals surface area contributed by atoms with Gasteiger partial charge in [-0.3, -0.25) is 9.36 Å². The Morgan fingerprint density at radius 1 is 0.962 bits per heavy atom. The summed E-state index contributed by atoms with van der Waals surface area (Å²) in [5, 5.41) is 18.2. The second kappa shape index (κ2) is 5.66. The highest BCUT2D eigenvalue weighted by molar-refractivity contribution is 5.75. The zero-order valence-electron chi connectivity index (χ0n) is 13.6. The van der Waals surface area contributed by atoms with Crippen molar-refractivity contribution in [1.82, 2.24) is 25.0 Å². The molecule has 5 rings (SSSR count). The van der Waals surface area contributed by atoms with Gasteiger partial charge in [-0.1, -0.05) is 60.7 Å². The van der Waals surface area contributed by atoms with Gasteiger partial charge in [-0.2, -0.15) is 5.10 Å². The van der Waals surface area contributed by atoms with Crippen molar-refractivity contribution in [2.45, 2.75) is 6.04 Å². The third kappa shape index (κ3) is 2.14. The zero-order valence-corrected chi connectivity index (χ0v) is 13.6. The van der Waals surface area contributed by atoms with E-state index in [2.05, 4.69) is 25.7 Å². The molecule has 1 aliphatic rings. The highest BCUT2D eigenvalue weighted by atomic mass is 16.1. The Balaban J connectivity index is 1.84. The van der Waals surface area contributed by atoms with Crippen LogP contribution >= 0.6 is 0 Å². The highest BCUT2D eigenvalue weighted by Gasteiger charge is 2.32. The number of benzene rings is 2. The Kier molecular flexibility index (Phi) is 3.18. The molecule has 0 radical (unpaired) electrons. The van der Waals surface area contributed by atoms with Crippen molar-refractivity contribution in [2.24, 2.45) is 0 Å². The van der Waals surface area contributed by atoms with Crippen molar-refractivity contribution < 1.29 is 0 Å². The fourth-order valence-corrected chi connectivity index (χ4v) is 3.40. The number of hydrogen-bond acceptors (Lipinski definition) is 5. The van der Waals surface area contributed by atoms with E-state index in [-0.39, 0.29) is 11.6 Å². The van der Waals surface area contributed by atoms with Crippen molar-refractivity contribution >= 4 is 11.6 Å². The summed E-state index contributed by atoms with van der Waals surface area (Å²) in [5.74, 6) is 0.530. The van der Waals surface area contributed by atoms with Crippen LogP contribution in [0, 0.1) is 0 Å². The van der Waals surface area contributed by atoms with Gasteiger partial charge in [0.25, 0.3) is 5.56 Å². The van der Waals surface area contributed by atoms with Crippen LogP contribution in [0.3, 0.4) is 0 Å². The molecule has 0 unspecified atom stereocenters. The number of aromatic nitrogens is 5. The van der Waals surface area contributed by atoms with Crippen LogP contribution in [0.25, 0.3) is 11.3 Å². The first kappa shape index (κ1) is 14.6. The maximum Gasteiger partial charge on any atom is 0.288 e. The molecule has 0 saturated heterocycles. The maximum absolute atomic E-state index is 12.5. The van der Waals surface area contributed by atoms with E-state index < -0.39 is 0 Å². The van der Waals surface area contributed by atoms with Gasteiger partial charge >= 0.3 is 0 Å². The van der Waals surface area contributed by atoms with E-state index in [1.807, 2.05) is 65.2 Å². The second-order valence-electron chi connectivity index (χ2n) is 6.06. The van der Waals surface area contributed by atoms with E-state index in [4.69, 9.17) is 0 Å². The molecule has 0 fully saturated rings. The Bertz CT molecular complexity index is 1130. The van der Waals surface area contributed by atoms with Gasteiger partial charge in [-0.25, -0.2) is 5.10 Å². The van der Waals surface area contributed by atoms with E-state index in [0.29, 0.717) is 11.6 Å². The lowest BCUT2D eigenvalue weighted by molar-refractivity contribution is 0.664. The van der Waals surface area contributed by atoms with Gasteiger partial charge in [0.1, 0.15) is 12.0 Å². The Hall–Kier alpha value is -3.74. The molecule has 0 amide bonds. The van der Waals surface area contributed by atoms with Gasteiger partial charge in [-0.15, -0.1) is 10.2 Å². The molecular weight excluding hydrogens is 328 g/mol. The Morgan fingerprint density at radius 3 is 2.46 bits per heavy atom. The fourth-order valence-electron chi connectivity index (χ4n) is 3.40. The average Bonchev–Trinajstić information content (AvgIpc) is 3.16. The first-order chi connectivity index (χ1) is 12.8. The van der Waals surface area contributed by atoms with E-state index in [1.54, 1.807) is 6.33 Å². The lowest BCUT2D eigenvalue weighted by Crippen LogP contribution is -2.28. The molecule has 0 aliphatic carbocycles. The number of nitrogens with one attached hydrogen (secondary N) is 2. The summed E-state index contributed by atoms with van der Waals surface area (Å²) >= 11 is 0. The predicted octanol–water partition coefficient (Wildman–Crippen LogP) is 2.72. The van der Waals surface area contributed by atoms with Crippen LogP contribution < -0.4 is 10.9 Å². The first-order valence-corrected chi connectivity index (χ1v) is 8.22. The molecule has 0 bridgehead atoms. The van der Waals surface area contributed by atoms with Crippen LogP contribution in [0.15, 0.2) is 71.8 Å². The van der Waals surface area contributed by atoms with Gasteiger partial charge < -0.3 is 5.32 Å². The third-order valence-corrected chi connectivity index (χ3v) is 4.54. The molecule has 1 aliphatic heterocycles. The first-order valence-electron chi connectivity index (χ1n) is 8.22. The quantitative estimate of drug-likeness (QED) is 0.515. The highest BCUT2D eigenvalue weighted by Crippen LogP contribution is 2.41. The number of nitrogens with zero attached hydrogens (tertiary/aromatic N) is 4. The second-order valence-corrected chi connectivity index (χ2v) is 6.06. The molecule has 4 aromatic rings. The van der Waals surface area contributed by atoms with E-state index >= 15 is 0 Å². The molecule has 0 saturated carbocycles. The molecule has 7 heteroatoms.